The van der Waals surface area contributed by atoms with Gasteiger partial charge in [0.1, 0.15) is 17.1 Å². The van der Waals surface area contributed by atoms with Gasteiger partial charge < -0.3 is 13.9 Å². The molecule has 5 rings (SSSR count). The second-order valence-corrected chi connectivity index (χ2v) is 6.96. The molecule has 2 aliphatic rings. The van der Waals surface area contributed by atoms with Gasteiger partial charge in [-0.3, -0.25) is 9.59 Å². The number of hydrogen-bond donors (Lipinski definition) is 1. The highest BCUT2D eigenvalue weighted by atomic mass is 16.5. The number of aryl methyl sites for hydroxylation is 3. The van der Waals surface area contributed by atoms with Crippen molar-refractivity contribution in [2.24, 2.45) is 0 Å². The lowest BCUT2D eigenvalue weighted by atomic mass is 10.1. The van der Waals surface area contributed by atoms with Crippen LogP contribution in [0.15, 0.2) is 40.4 Å². The molecule has 1 N–H and O–H groups in total. The Morgan fingerprint density at radius 1 is 1.23 bits per heavy atom. The maximum atomic E-state index is 13.0. The zero-order valence-corrected chi connectivity index (χ0v) is 16.6. The second kappa shape index (κ2) is 6.86. The van der Waals surface area contributed by atoms with Crippen molar-refractivity contribution in [2.75, 3.05) is 7.11 Å². The summed E-state index contributed by atoms with van der Waals surface area (Å²) in [5, 5.41) is 10.9. The third-order valence-electron chi connectivity index (χ3n) is 5.03. The van der Waals surface area contributed by atoms with Crippen LogP contribution in [0.5, 0.6) is 0 Å². The molecule has 0 bridgehead atoms. The maximum Gasteiger partial charge on any atom is 0.341 e. The highest BCUT2D eigenvalue weighted by molar-refractivity contribution is 5.95. The number of carbonyl (C=O) groups excluding carboxylic acids is 1. The van der Waals surface area contributed by atoms with E-state index >= 15 is 0 Å². The van der Waals surface area contributed by atoms with Crippen molar-refractivity contribution in [1.29, 1.82) is 0 Å². The number of nitrogens with zero attached hydrogens (tertiary/aromatic N) is 7. The zero-order chi connectivity index (χ0) is 21.7. The monoisotopic (exact) mass is 420 g/mol. The Morgan fingerprint density at radius 3 is 2.87 bits per heavy atom. The van der Waals surface area contributed by atoms with Crippen molar-refractivity contribution in [3.63, 3.8) is 0 Å². The Hall–Kier alpha value is -4.35. The van der Waals surface area contributed by atoms with E-state index in [2.05, 4.69) is 25.3 Å². The molecule has 0 aromatic carbocycles. The summed E-state index contributed by atoms with van der Waals surface area (Å²) in [5.41, 5.74) is 0.648. The molecule has 0 spiro atoms. The van der Waals surface area contributed by atoms with Crippen molar-refractivity contribution in [3.05, 3.63) is 62.9 Å². The molecule has 156 valence electrons. The van der Waals surface area contributed by atoms with E-state index in [1.165, 1.54) is 22.4 Å². The Balaban J connectivity index is 1.52. The van der Waals surface area contributed by atoms with Crippen LogP contribution in [0.25, 0.3) is 27.9 Å². The summed E-state index contributed by atoms with van der Waals surface area (Å²) in [5.74, 6) is 0.385. The van der Waals surface area contributed by atoms with E-state index in [1.54, 1.807) is 36.1 Å². The van der Waals surface area contributed by atoms with E-state index in [9.17, 15) is 14.4 Å². The summed E-state index contributed by atoms with van der Waals surface area (Å²) in [6, 6.07) is 1.78. The summed E-state index contributed by atoms with van der Waals surface area (Å²) in [4.78, 5) is 45.5. The molecule has 3 aromatic rings. The molecule has 0 atom stereocenters. The van der Waals surface area contributed by atoms with E-state index in [0.717, 1.165) is 0 Å². The van der Waals surface area contributed by atoms with Gasteiger partial charge in [-0.1, -0.05) is 0 Å². The third-order valence-corrected chi connectivity index (χ3v) is 5.03. The van der Waals surface area contributed by atoms with Gasteiger partial charge in [0.25, 0.3) is 16.9 Å². The summed E-state index contributed by atoms with van der Waals surface area (Å²) < 4.78 is 9.52. The quantitative estimate of drug-likeness (QED) is 0.407. The van der Waals surface area contributed by atoms with Gasteiger partial charge in [-0.05, 0) is 13.0 Å². The summed E-state index contributed by atoms with van der Waals surface area (Å²) in [7, 11) is 1.26. The maximum absolute atomic E-state index is 13.0. The van der Waals surface area contributed by atoms with Gasteiger partial charge in [0.15, 0.2) is 0 Å². The Morgan fingerprint density at radius 2 is 2.06 bits per heavy atom. The molecular weight excluding hydrogens is 404 g/mol. The van der Waals surface area contributed by atoms with Gasteiger partial charge >= 0.3 is 5.97 Å². The first-order chi connectivity index (χ1) is 15.0. The first-order valence-corrected chi connectivity index (χ1v) is 9.34. The van der Waals surface area contributed by atoms with Crippen LogP contribution in [0.3, 0.4) is 0 Å². The predicted octanol–water partition coefficient (Wildman–Crippen LogP) is 0.224. The van der Waals surface area contributed by atoms with Gasteiger partial charge in [-0.2, -0.15) is 14.6 Å². The molecule has 0 radical (unpaired) electrons. The molecule has 12 nitrogen and oxygen atoms in total. The summed E-state index contributed by atoms with van der Waals surface area (Å²) in [6.45, 7) is 2.38. The van der Waals surface area contributed by atoms with Crippen LogP contribution in [-0.4, -0.2) is 52.0 Å². The number of aromatic nitrogens is 8. The fourth-order valence-electron chi connectivity index (χ4n) is 3.54. The SMILES string of the molecule is COC(=O)c1cn(CCn2ccc3c(cnc4nc(C)nn43)c2=O)cc2c(=O)[nH]nc1-2. The molecule has 0 fully saturated rings. The minimum atomic E-state index is -0.605. The number of hydrogen-bond acceptors (Lipinski definition) is 8. The van der Waals surface area contributed by atoms with E-state index in [-0.39, 0.29) is 22.4 Å². The number of carbonyl (C=O) groups is 1. The summed E-state index contributed by atoms with van der Waals surface area (Å²) >= 11 is 0. The molecule has 0 saturated heterocycles. The molecule has 5 heterocycles. The zero-order valence-electron chi connectivity index (χ0n) is 16.6. The molecular formula is C19H16N8O4. The standard InChI is InChI=1S/C19H16N8O4/c1-10-21-19-20-7-11-14(27(19)24-10)3-4-26(17(11)29)6-5-25-8-12-15(22-23-16(12)28)13(9-25)18(30)31-2/h3-4,7-9H,5-6H2,1-2H3,(H,23,28). The van der Waals surface area contributed by atoms with Crippen molar-refractivity contribution < 1.29 is 9.53 Å². The number of pyridine rings is 2. The number of fused-ring (bicyclic) bond motifs is 4. The minimum absolute atomic E-state index is 0.164. The average Bonchev–Trinajstić information content (AvgIpc) is 3.34. The first-order valence-electron chi connectivity index (χ1n) is 9.34. The largest absolute Gasteiger partial charge is 0.465 e. The smallest absolute Gasteiger partial charge is 0.341 e. The van der Waals surface area contributed by atoms with Crippen LogP contribution in [0.4, 0.5) is 0 Å². The fourth-order valence-corrected chi connectivity index (χ4v) is 3.54. The lowest BCUT2D eigenvalue weighted by Gasteiger charge is -2.13. The van der Waals surface area contributed by atoms with Crippen LogP contribution >= 0.6 is 0 Å². The van der Waals surface area contributed by atoms with Crippen LogP contribution in [0.1, 0.15) is 16.2 Å². The number of nitrogens with one attached hydrogen (secondary N) is 1. The predicted molar refractivity (Wildman–Crippen MR) is 108 cm³/mol. The van der Waals surface area contributed by atoms with E-state index in [4.69, 9.17) is 4.74 Å². The molecule has 0 aliphatic carbocycles. The van der Waals surface area contributed by atoms with Gasteiger partial charge in [-0.15, -0.1) is 5.10 Å². The van der Waals surface area contributed by atoms with Gasteiger partial charge in [0.05, 0.1) is 23.6 Å². The molecule has 2 aliphatic heterocycles. The molecule has 3 aromatic heterocycles. The first kappa shape index (κ1) is 18.7. The van der Waals surface area contributed by atoms with Crippen LogP contribution in [0.2, 0.25) is 0 Å². The topological polar surface area (TPSA) is 142 Å². The van der Waals surface area contributed by atoms with Crippen LogP contribution < -0.4 is 11.1 Å². The number of ether oxygens (including phenoxy) is 1. The van der Waals surface area contributed by atoms with Gasteiger partial charge in [0, 0.05) is 37.9 Å². The highest BCUT2D eigenvalue weighted by Gasteiger charge is 2.21. The Labute approximate surface area is 173 Å². The van der Waals surface area contributed by atoms with E-state index in [1.807, 2.05) is 0 Å². The van der Waals surface area contributed by atoms with Crippen molar-refractivity contribution in [1.82, 2.24) is 38.9 Å². The number of esters is 1. The highest BCUT2D eigenvalue weighted by Crippen LogP contribution is 2.20. The van der Waals surface area contributed by atoms with E-state index in [0.29, 0.717) is 35.6 Å². The lowest BCUT2D eigenvalue weighted by Crippen LogP contribution is -2.23. The number of H-pyrrole nitrogens is 1. The molecule has 0 unspecified atom stereocenters. The van der Waals surface area contributed by atoms with Gasteiger partial charge in [0.2, 0.25) is 0 Å². The molecule has 31 heavy (non-hydrogen) atoms. The molecule has 0 saturated carbocycles. The molecule has 12 heteroatoms. The Bertz CT molecular complexity index is 1560. The molecule has 0 amide bonds. The van der Waals surface area contributed by atoms with E-state index < -0.39 is 11.5 Å². The summed E-state index contributed by atoms with van der Waals surface area (Å²) in [6.07, 6.45) is 6.28. The third kappa shape index (κ3) is 2.96. The number of rotatable bonds is 4. The van der Waals surface area contributed by atoms with Gasteiger partial charge in [-0.25, -0.2) is 14.9 Å². The Kier molecular flexibility index (Phi) is 4.13. The average molecular weight is 420 g/mol. The second-order valence-electron chi connectivity index (χ2n) is 6.96. The van der Waals surface area contributed by atoms with Crippen molar-refractivity contribution >= 4 is 22.6 Å². The normalized spacial score (nSPS) is 11.5. The van der Waals surface area contributed by atoms with Crippen molar-refractivity contribution in [3.8, 4) is 11.3 Å². The fraction of sp³-hybridized carbons (Fsp3) is 0.211. The number of aromatic amines is 1. The number of methoxy groups -OCH3 is 1. The van der Waals surface area contributed by atoms with Crippen molar-refractivity contribution in [2.45, 2.75) is 20.0 Å². The minimum Gasteiger partial charge on any atom is -0.465 e. The van der Waals surface area contributed by atoms with Crippen LogP contribution in [-0.2, 0) is 17.8 Å². The lowest BCUT2D eigenvalue weighted by molar-refractivity contribution is 0.0600. The van der Waals surface area contributed by atoms with Crippen LogP contribution in [0, 0.1) is 6.92 Å².